The lowest BCUT2D eigenvalue weighted by molar-refractivity contribution is 0.596. The van der Waals surface area contributed by atoms with E-state index in [-0.39, 0.29) is 12.3 Å². The van der Waals surface area contributed by atoms with E-state index in [2.05, 4.69) is 22.5 Å². The molecule has 4 N–H and O–H groups in total. The number of unbranched alkanes of at least 4 members (excludes halogenated alkanes) is 2. The number of primary sulfonamides is 1. The third-order valence-corrected chi connectivity index (χ3v) is 2.83. The van der Waals surface area contributed by atoms with E-state index < -0.39 is 10.0 Å². The van der Waals surface area contributed by atoms with Crippen LogP contribution in [0.3, 0.4) is 0 Å². The molecule has 0 aromatic heterocycles. The molecule has 0 rings (SSSR count). The quantitative estimate of drug-likeness (QED) is 0.327. The van der Waals surface area contributed by atoms with Gasteiger partial charge in [0, 0.05) is 19.6 Å². The number of nitrogens with two attached hydrogens (primary N) is 1. The minimum atomic E-state index is -3.41. The lowest BCUT2D eigenvalue weighted by Crippen LogP contribution is -2.40. The van der Waals surface area contributed by atoms with Crippen molar-refractivity contribution in [3.05, 3.63) is 0 Å². The first-order valence-corrected chi connectivity index (χ1v) is 7.73. The predicted molar refractivity (Wildman–Crippen MR) is 71.5 cm³/mol. The van der Waals surface area contributed by atoms with Gasteiger partial charge in [0.15, 0.2) is 5.96 Å². The molecule has 0 aliphatic rings. The fourth-order valence-corrected chi connectivity index (χ4v) is 1.59. The van der Waals surface area contributed by atoms with Crippen molar-refractivity contribution in [1.82, 2.24) is 10.6 Å². The van der Waals surface area contributed by atoms with Crippen LogP contribution in [0, 0.1) is 0 Å². The molecule has 17 heavy (non-hydrogen) atoms. The first kappa shape index (κ1) is 16.2. The van der Waals surface area contributed by atoms with E-state index in [0.717, 1.165) is 32.4 Å². The van der Waals surface area contributed by atoms with Gasteiger partial charge in [-0.3, -0.25) is 4.99 Å². The summed E-state index contributed by atoms with van der Waals surface area (Å²) in [4.78, 5) is 4.33. The van der Waals surface area contributed by atoms with Crippen LogP contribution in [0.5, 0.6) is 0 Å². The van der Waals surface area contributed by atoms with E-state index in [1.807, 2.05) is 6.92 Å². The molecule has 0 saturated heterocycles. The standard InChI is InChI=1S/C10H24N4O2S/c1-3-5-6-7-13-10(12-4-2)14-8-9-17(11,15)16/h3-9H2,1-2H3,(H2,11,15,16)(H2,12,13,14). The van der Waals surface area contributed by atoms with E-state index in [1.165, 1.54) is 0 Å². The molecule has 0 saturated carbocycles. The van der Waals surface area contributed by atoms with Crippen LogP contribution in [-0.2, 0) is 10.0 Å². The van der Waals surface area contributed by atoms with Crippen molar-refractivity contribution in [2.24, 2.45) is 10.1 Å². The molecule has 102 valence electrons. The molecule has 7 heteroatoms. The van der Waals surface area contributed by atoms with E-state index in [0.29, 0.717) is 5.96 Å². The molecule has 0 aromatic rings. The second-order valence-electron chi connectivity index (χ2n) is 3.76. The van der Waals surface area contributed by atoms with Crippen molar-refractivity contribution in [1.29, 1.82) is 0 Å². The van der Waals surface area contributed by atoms with Crippen LogP contribution in [0.2, 0.25) is 0 Å². The Bertz CT molecular complexity index is 314. The van der Waals surface area contributed by atoms with Gasteiger partial charge in [-0.1, -0.05) is 19.8 Å². The van der Waals surface area contributed by atoms with Gasteiger partial charge >= 0.3 is 0 Å². The first-order valence-electron chi connectivity index (χ1n) is 6.02. The highest BCUT2D eigenvalue weighted by molar-refractivity contribution is 7.89. The summed E-state index contributed by atoms with van der Waals surface area (Å²) in [6.45, 7) is 5.87. The molecule has 0 fully saturated rings. The van der Waals surface area contributed by atoms with Crippen molar-refractivity contribution in [3.63, 3.8) is 0 Å². The SMILES string of the molecule is CCCCCN=C(NCC)NCCS(N)(=O)=O. The average Bonchev–Trinajstić information content (AvgIpc) is 2.22. The summed E-state index contributed by atoms with van der Waals surface area (Å²) < 4.78 is 21.5. The predicted octanol–water partition coefficient (Wildman–Crippen LogP) is 0.0202. The Morgan fingerprint density at radius 1 is 1.24 bits per heavy atom. The van der Waals surface area contributed by atoms with Gasteiger partial charge in [-0.25, -0.2) is 13.6 Å². The third-order valence-electron chi connectivity index (χ3n) is 2.05. The van der Waals surface area contributed by atoms with Crippen molar-refractivity contribution in [2.75, 3.05) is 25.4 Å². The Morgan fingerprint density at radius 3 is 2.47 bits per heavy atom. The van der Waals surface area contributed by atoms with Gasteiger partial charge in [0.25, 0.3) is 0 Å². The van der Waals surface area contributed by atoms with Crippen LogP contribution in [0.15, 0.2) is 4.99 Å². The summed E-state index contributed by atoms with van der Waals surface area (Å²) in [5.41, 5.74) is 0. The second kappa shape index (κ2) is 9.23. The van der Waals surface area contributed by atoms with Crippen molar-refractivity contribution >= 4 is 16.0 Å². The number of hydrogen-bond donors (Lipinski definition) is 3. The summed E-state index contributed by atoms with van der Waals surface area (Å²) >= 11 is 0. The molecule has 6 nitrogen and oxygen atoms in total. The smallest absolute Gasteiger partial charge is 0.210 e. The maximum atomic E-state index is 10.7. The molecule has 0 amide bonds. The van der Waals surface area contributed by atoms with E-state index in [9.17, 15) is 8.42 Å². The second-order valence-corrected chi connectivity index (χ2v) is 5.50. The topological polar surface area (TPSA) is 96.6 Å². The molecule has 0 aliphatic heterocycles. The highest BCUT2D eigenvalue weighted by atomic mass is 32.2. The zero-order chi connectivity index (χ0) is 13.1. The Kier molecular flexibility index (Phi) is 8.79. The third kappa shape index (κ3) is 11.4. The number of nitrogens with zero attached hydrogens (tertiary/aromatic N) is 1. The van der Waals surface area contributed by atoms with Crippen LogP contribution >= 0.6 is 0 Å². The van der Waals surface area contributed by atoms with Gasteiger partial charge in [0.05, 0.1) is 5.75 Å². The molecule has 0 atom stereocenters. The monoisotopic (exact) mass is 264 g/mol. The summed E-state index contributed by atoms with van der Waals surface area (Å²) in [6.07, 6.45) is 3.35. The molecular formula is C10H24N4O2S. The van der Waals surface area contributed by atoms with Gasteiger partial charge in [0.2, 0.25) is 10.0 Å². The number of nitrogens with one attached hydrogen (secondary N) is 2. The van der Waals surface area contributed by atoms with Crippen LogP contribution in [0.1, 0.15) is 33.1 Å². The van der Waals surface area contributed by atoms with Crippen LogP contribution in [0.4, 0.5) is 0 Å². The number of rotatable bonds is 8. The van der Waals surface area contributed by atoms with Crippen LogP contribution < -0.4 is 15.8 Å². The largest absolute Gasteiger partial charge is 0.357 e. The van der Waals surface area contributed by atoms with Gasteiger partial charge in [0.1, 0.15) is 0 Å². The highest BCUT2D eigenvalue weighted by Crippen LogP contribution is 1.93. The van der Waals surface area contributed by atoms with Gasteiger partial charge in [-0.15, -0.1) is 0 Å². The zero-order valence-corrected chi connectivity index (χ0v) is 11.5. The summed E-state index contributed by atoms with van der Waals surface area (Å²) in [5, 5.41) is 10.9. The molecule has 0 spiro atoms. The van der Waals surface area contributed by atoms with E-state index >= 15 is 0 Å². The fraction of sp³-hybridized carbons (Fsp3) is 0.900. The number of hydrogen-bond acceptors (Lipinski definition) is 3. The van der Waals surface area contributed by atoms with Gasteiger partial charge in [-0.2, -0.15) is 0 Å². The number of aliphatic imine (C=N–C) groups is 1. The number of sulfonamides is 1. The summed E-state index contributed by atoms with van der Waals surface area (Å²) in [7, 11) is -3.41. The van der Waals surface area contributed by atoms with Gasteiger partial charge in [-0.05, 0) is 13.3 Å². The van der Waals surface area contributed by atoms with Crippen molar-refractivity contribution in [2.45, 2.75) is 33.1 Å². The Labute approximate surface area is 104 Å². The zero-order valence-electron chi connectivity index (χ0n) is 10.7. The van der Waals surface area contributed by atoms with E-state index in [4.69, 9.17) is 5.14 Å². The van der Waals surface area contributed by atoms with E-state index in [1.54, 1.807) is 0 Å². The Balaban J connectivity index is 3.96. The highest BCUT2D eigenvalue weighted by Gasteiger charge is 2.03. The molecular weight excluding hydrogens is 240 g/mol. The fourth-order valence-electron chi connectivity index (χ4n) is 1.21. The van der Waals surface area contributed by atoms with Crippen molar-refractivity contribution < 1.29 is 8.42 Å². The molecule has 0 unspecified atom stereocenters. The minimum Gasteiger partial charge on any atom is -0.357 e. The molecule has 0 aliphatic carbocycles. The summed E-state index contributed by atoms with van der Waals surface area (Å²) in [5.74, 6) is 0.555. The van der Waals surface area contributed by atoms with Crippen LogP contribution in [0.25, 0.3) is 0 Å². The molecule has 0 heterocycles. The maximum Gasteiger partial charge on any atom is 0.210 e. The number of guanidine groups is 1. The Morgan fingerprint density at radius 2 is 1.94 bits per heavy atom. The average molecular weight is 264 g/mol. The molecule has 0 bridgehead atoms. The summed E-state index contributed by atoms with van der Waals surface area (Å²) in [6, 6.07) is 0. The maximum absolute atomic E-state index is 10.7. The lowest BCUT2D eigenvalue weighted by Gasteiger charge is -2.10. The minimum absolute atomic E-state index is 0.0909. The van der Waals surface area contributed by atoms with Gasteiger partial charge < -0.3 is 10.6 Å². The van der Waals surface area contributed by atoms with Crippen LogP contribution in [-0.4, -0.2) is 39.8 Å². The molecule has 0 radical (unpaired) electrons. The molecule has 0 aromatic carbocycles. The van der Waals surface area contributed by atoms with Crippen molar-refractivity contribution in [3.8, 4) is 0 Å². The normalized spacial score (nSPS) is 12.5. The Hall–Kier alpha value is -0.820. The first-order chi connectivity index (χ1) is 7.99. The lowest BCUT2D eigenvalue weighted by atomic mass is 10.2.